The van der Waals surface area contributed by atoms with Crippen LogP contribution in [0.4, 0.5) is 0 Å². The first-order valence-electron chi connectivity index (χ1n) is 15.5. The third-order valence-corrected chi connectivity index (χ3v) is 7.42. The molecule has 33 heavy (non-hydrogen) atoms. The average Bonchev–Trinajstić information content (AvgIpc) is 2.81. The Labute approximate surface area is 211 Å². The molecule has 1 unspecified atom stereocenters. The molecule has 0 aliphatic heterocycles. The van der Waals surface area contributed by atoms with Crippen molar-refractivity contribution in [2.24, 2.45) is 0 Å². The molecule has 0 rings (SSSR count). The number of hydrogen-bond acceptors (Lipinski definition) is 1. The molecule has 0 aliphatic carbocycles. The fourth-order valence-corrected chi connectivity index (χ4v) is 4.98. The highest BCUT2D eigenvalue weighted by molar-refractivity contribution is 4.81. The van der Waals surface area contributed by atoms with E-state index in [0.717, 1.165) is 6.04 Å². The van der Waals surface area contributed by atoms with Crippen LogP contribution in [0.25, 0.3) is 0 Å². The molecule has 0 radical (unpaired) electrons. The highest BCUT2D eigenvalue weighted by Gasteiger charge is 2.10. The zero-order valence-electron chi connectivity index (χ0n) is 23.9. The van der Waals surface area contributed by atoms with Crippen LogP contribution in [0.15, 0.2) is 12.2 Å². The van der Waals surface area contributed by atoms with Crippen LogP contribution in [0.5, 0.6) is 0 Å². The summed E-state index contributed by atoms with van der Waals surface area (Å²) >= 11 is 0. The Balaban J connectivity index is 3.36. The van der Waals surface area contributed by atoms with Crippen molar-refractivity contribution in [1.29, 1.82) is 0 Å². The molecule has 0 amide bonds. The lowest BCUT2D eigenvalue weighted by Gasteiger charge is -2.24. The van der Waals surface area contributed by atoms with Gasteiger partial charge in [0.15, 0.2) is 0 Å². The van der Waals surface area contributed by atoms with Crippen LogP contribution in [0.1, 0.15) is 174 Å². The van der Waals surface area contributed by atoms with E-state index in [-0.39, 0.29) is 0 Å². The van der Waals surface area contributed by atoms with Gasteiger partial charge in [-0.3, -0.25) is 0 Å². The van der Waals surface area contributed by atoms with Crippen LogP contribution in [-0.2, 0) is 0 Å². The number of allylic oxidation sites excluding steroid dienone is 2. The third-order valence-electron chi connectivity index (χ3n) is 7.42. The van der Waals surface area contributed by atoms with Gasteiger partial charge in [-0.2, -0.15) is 0 Å². The van der Waals surface area contributed by atoms with E-state index in [9.17, 15) is 0 Å². The largest absolute Gasteiger partial charge is 0.306 e. The molecule has 0 bridgehead atoms. The molecule has 0 fully saturated rings. The predicted molar refractivity (Wildman–Crippen MR) is 153 cm³/mol. The lowest BCUT2D eigenvalue weighted by molar-refractivity contribution is 0.251. The Morgan fingerprint density at radius 3 is 1.06 bits per heavy atom. The van der Waals surface area contributed by atoms with Crippen molar-refractivity contribution in [3.63, 3.8) is 0 Å². The van der Waals surface area contributed by atoms with Crippen molar-refractivity contribution < 1.29 is 0 Å². The maximum atomic E-state index is 2.48. The highest BCUT2D eigenvalue weighted by Crippen LogP contribution is 2.17. The summed E-state index contributed by atoms with van der Waals surface area (Å²) in [5.74, 6) is 0. The zero-order valence-corrected chi connectivity index (χ0v) is 23.9. The Hall–Kier alpha value is -0.300. The van der Waals surface area contributed by atoms with Gasteiger partial charge in [0, 0.05) is 6.04 Å². The van der Waals surface area contributed by atoms with Crippen molar-refractivity contribution >= 4 is 0 Å². The first-order valence-corrected chi connectivity index (χ1v) is 15.5. The summed E-state index contributed by atoms with van der Waals surface area (Å²) in [6.45, 7) is 4.60. The normalized spacial score (nSPS) is 12.9. The van der Waals surface area contributed by atoms with Crippen molar-refractivity contribution in [3.05, 3.63) is 12.2 Å². The molecule has 0 aliphatic rings. The molecule has 0 heterocycles. The van der Waals surface area contributed by atoms with Crippen LogP contribution in [0, 0.1) is 0 Å². The number of hydrogen-bond donors (Lipinski definition) is 0. The smallest absolute Gasteiger partial charge is 0.00891 e. The minimum Gasteiger partial charge on any atom is -0.306 e. The van der Waals surface area contributed by atoms with Gasteiger partial charge in [0.1, 0.15) is 0 Å². The van der Waals surface area contributed by atoms with Gasteiger partial charge in [0.25, 0.3) is 0 Å². The van der Waals surface area contributed by atoms with Crippen molar-refractivity contribution in [1.82, 2.24) is 4.90 Å². The van der Waals surface area contributed by atoms with E-state index < -0.39 is 0 Å². The minimum atomic E-state index is 0.816. The highest BCUT2D eigenvalue weighted by atomic mass is 15.1. The van der Waals surface area contributed by atoms with Crippen LogP contribution >= 0.6 is 0 Å². The summed E-state index contributed by atoms with van der Waals surface area (Å²) < 4.78 is 0. The molecule has 0 N–H and O–H groups in total. The SMILES string of the molecule is CCCCCCCCC=CCCCCCCCCCCCC(CCCCCCCC)N(C)C. The maximum Gasteiger partial charge on any atom is 0.00891 e. The second-order valence-corrected chi connectivity index (χ2v) is 11.0. The summed E-state index contributed by atoms with van der Waals surface area (Å²) in [4.78, 5) is 2.48. The quantitative estimate of drug-likeness (QED) is 0.0864. The van der Waals surface area contributed by atoms with E-state index >= 15 is 0 Å². The lowest BCUT2D eigenvalue weighted by Crippen LogP contribution is -2.27. The van der Waals surface area contributed by atoms with Crippen LogP contribution in [0.3, 0.4) is 0 Å². The predicted octanol–water partition coefficient (Wildman–Crippen LogP) is 11.3. The summed E-state index contributed by atoms with van der Waals surface area (Å²) in [5, 5.41) is 0. The molecule has 0 saturated heterocycles. The molecule has 1 heteroatoms. The van der Waals surface area contributed by atoms with E-state index in [0.29, 0.717) is 0 Å². The molecule has 0 aromatic rings. The van der Waals surface area contributed by atoms with Crippen molar-refractivity contribution in [2.75, 3.05) is 14.1 Å². The van der Waals surface area contributed by atoms with Crippen LogP contribution in [-0.4, -0.2) is 25.0 Å². The average molecular weight is 464 g/mol. The third kappa shape index (κ3) is 26.2. The van der Waals surface area contributed by atoms with Gasteiger partial charge in [-0.25, -0.2) is 0 Å². The van der Waals surface area contributed by atoms with Gasteiger partial charge >= 0.3 is 0 Å². The van der Waals surface area contributed by atoms with Gasteiger partial charge in [-0.05, 0) is 52.6 Å². The standard InChI is InChI=1S/C32H65N/c1-5-7-9-11-13-14-15-16-17-18-19-20-21-22-23-24-25-27-29-31-32(33(3)4)30-28-26-12-10-8-6-2/h16-17,32H,5-15,18-31H2,1-4H3. The Kier molecular flexibility index (Phi) is 27.7. The number of unbranched alkanes of at least 4 members (excludes halogenated alkanes) is 20. The summed E-state index contributed by atoms with van der Waals surface area (Å²) in [7, 11) is 4.57. The topological polar surface area (TPSA) is 3.24 Å². The molecule has 1 atom stereocenters. The maximum absolute atomic E-state index is 2.48. The first-order chi connectivity index (χ1) is 16.2. The molecule has 0 saturated carbocycles. The first kappa shape index (κ1) is 32.7. The van der Waals surface area contributed by atoms with Gasteiger partial charge in [-0.1, -0.05) is 148 Å². The van der Waals surface area contributed by atoms with Crippen molar-refractivity contribution in [2.45, 2.75) is 180 Å². The number of nitrogens with zero attached hydrogens (tertiary/aromatic N) is 1. The Morgan fingerprint density at radius 1 is 0.424 bits per heavy atom. The minimum absolute atomic E-state index is 0.816. The van der Waals surface area contributed by atoms with E-state index in [4.69, 9.17) is 0 Å². The zero-order chi connectivity index (χ0) is 24.2. The molecule has 1 nitrogen and oxygen atoms in total. The van der Waals surface area contributed by atoms with Crippen LogP contribution < -0.4 is 0 Å². The Morgan fingerprint density at radius 2 is 0.727 bits per heavy atom. The molecule has 0 spiro atoms. The molecule has 0 aromatic heterocycles. The fraction of sp³-hybridized carbons (Fsp3) is 0.938. The molecular weight excluding hydrogens is 398 g/mol. The summed E-state index contributed by atoms with van der Waals surface area (Å²) in [5.41, 5.74) is 0. The van der Waals surface area contributed by atoms with Gasteiger partial charge < -0.3 is 4.90 Å². The van der Waals surface area contributed by atoms with Gasteiger partial charge in [-0.15, -0.1) is 0 Å². The van der Waals surface area contributed by atoms with Crippen LogP contribution in [0.2, 0.25) is 0 Å². The monoisotopic (exact) mass is 464 g/mol. The molecule has 0 aromatic carbocycles. The second-order valence-electron chi connectivity index (χ2n) is 11.0. The molecule has 198 valence electrons. The van der Waals surface area contributed by atoms with E-state index in [1.807, 2.05) is 0 Å². The Bertz CT molecular complexity index is 373. The van der Waals surface area contributed by atoms with Gasteiger partial charge in [0.2, 0.25) is 0 Å². The molecular formula is C32H65N. The van der Waals surface area contributed by atoms with Crippen molar-refractivity contribution in [3.8, 4) is 0 Å². The van der Waals surface area contributed by atoms with E-state index in [1.54, 1.807) is 0 Å². The number of rotatable bonds is 27. The summed E-state index contributed by atoms with van der Waals surface area (Å²) in [6.07, 6.45) is 40.4. The summed E-state index contributed by atoms with van der Waals surface area (Å²) in [6, 6.07) is 0.816. The second kappa shape index (κ2) is 27.9. The van der Waals surface area contributed by atoms with Gasteiger partial charge in [0.05, 0.1) is 0 Å². The van der Waals surface area contributed by atoms with E-state index in [2.05, 4.69) is 45.0 Å². The van der Waals surface area contributed by atoms with E-state index in [1.165, 1.54) is 161 Å². The fourth-order valence-electron chi connectivity index (χ4n) is 4.98. The lowest BCUT2D eigenvalue weighted by atomic mass is 9.99.